The molecule has 2 heterocycles. The van der Waals surface area contributed by atoms with Gasteiger partial charge in [0.1, 0.15) is 5.75 Å². The second kappa shape index (κ2) is 6.90. The number of alkyl halides is 3. The summed E-state index contributed by atoms with van der Waals surface area (Å²) in [5, 5.41) is 7.19. The Bertz CT molecular complexity index is 625. The summed E-state index contributed by atoms with van der Waals surface area (Å²) in [6, 6.07) is 8.13. The number of thiophene rings is 1. The molecule has 0 saturated carbocycles. The molecule has 0 amide bonds. The lowest BCUT2D eigenvalue weighted by atomic mass is 9.98. The molecule has 1 aromatic carbocycles. The van der Waals surface area contributed by atoms with E-state index in [-0.39, 0.29) is 11.8 Å². The number of hydrogen-bond donors (Lipinski definition) is 1. The summed E-state index contributed by atoms with van der Waals surface area (Å²) in [6.45, 7) is 3.20. The Morgan fingerprint density at radius 3 is 2.52 bits per heavy atom. The monoisotopic (exact) mass is 342 g/mol. The first kappa shape index (κ1) is 16.3. The number of piperazine rings is 1. The van der Waals surface area contributed by atoms with E-state index in [1.165, 1.54) is 6.07 Å². The minimum absolute atomic E-state index is 0.130. The lowest BCUT2D eigenvalue weighted by Gasteiger charge is -2.35. The Morgan fingerprint density at radius 1 is 1.13 bits per heavy atom. The molecule has 1 fully saturated rings. The molecule has 1 aliphatic heterocycles. The lowest BCUT2D eigenvalue weighted by Crippen LogP contribution is -2.45. The second-order valence-corrected chi connectivity index (χ2v) is 6.11. The van der Waals surface area contributed by atoms with Crippen LogP contribution in [0.1, 0.15) is 17.2 Å². The Balaban J connectivity index is 2.00. The fraction of sp³-hybridized carbons (Fsp3) is 0.375. The molecular weight excluding hydrogens is 325 g/mol. The predicted octanol–water partition coefficient (Wildman–Crippen LogP) is 3.64. The van der Waals surface area contributed by atoms with Gasteiger partial charge in [-0.15, -0.1) is 13.2 Å². The van der Waals surface area contributed by atoms with Crippen molar-refractivity contribution in [2.75, 3.05) is 26.2 Å². The summed E-state index contributed by atoms with van der Waals surface area (Å²) in [5.41, 5.74) is 1.54. The van der Waals surface area contributed by atoms with Crippen molar-refractivity contribution in [2.24, 2.45) is 0 Å². The average Bonchev–Trinajstić information content (AvgIpc) is 3.03. The number of para-hydroxylation sites is 1. The minimum Gasteiger partial charge on any atom is -0.405 e. The molecule has 2 aromatic rings. The van der Waals surface area contributed by atoms with Gasteiger partial charge in [0.15, 0.2) is 0 Å². The van der Waals surface area contributed by atoms with Crippen LogP contribution < -0.4 is 10.1 Å². The van der Waals surface area contributed by atoms with Gasteiger partial charge in [-0.1, -0.05) is 18.2 Å². The van der Waals surface area contributed by atoms with Crippen LogP contribution in [0.4, 0.5) is 13.2 Å². The minimum atomic E-state index is -4.70. The fourth-order valence-electron chi connectivity index (χ4n) is 2.88. The molecule has 1 saturated heterocycles. The van der Waals surface area contributed by atoms with E-state index in [0.717, 1.165) is 31.7 Å². The standard InChI is InChI=1S/C16H17F3N2OS/c17-16(18,19)22-14-4-2-1-3-13(14)15(12-5-10-23-11-12)21-8-6-20-7-9-21/h1-5,10-11,15,20H,6-9H2/t15-/m1/s1. The molecule has 1 aliphatic rings. The highest BCUT2D eigenvalue weighted by Gasteiger charge is 2.34. The summed E-state index contributed by atoms with van der Waals surface area (Å²) < 4.78 is 42.4. The van der Waals surface area contributed by atoms with Gasteiger partial charge in [0.25, 0.3) is 0 Å². The zero-order valence-corrected chi connectivity index (χ0v) is 13.2. The molecule has 3 rings (SSSR count). The third-order valence-electron chi connectivity index (χ3n) is 3.81. The zero-order chi connectivity index (χ0) is 16.3. The lowest BCUT2D eigenvalue weighted by molar-refractivity contribution is -0.275. The van der Waals surface area contributed by atoms with Crippen molar-refractivity contribution in [1.82, 2.24) is 10.2 Å². The van der Waals surface area contributed by atoms with Gasteiger partial charge in [-0.05, 0) is 28.5 Å². The third-order valence-corrected chi connectivity index (χ3v) is 4.52. The summed E-state index contributed by atoms with van der Waals surface area (Å²) in [4.78, 5) is 2.19. The summed E-state index contributed by atoms with van der Waals surface area (Å²) in [6.07, 6.45) is -4.70. The van der Waals surface area contributed by atoms with E-state index in [1.807, 2.05) is 16.8 Å². The molecule has 3 nitrogen and oxygen atoms in total. The maximum Gasteiger partial charge on any atom is 0.573 e. The van der Waals surface area contributed by atoms with Crippen molar-refractivity contribution in [1.29, 1.82) is 0 Å². The second-order valence-electron chi connectivity index (χ2n) is 5.33. The zero-order valence-electron chi connectivity index (χ0n) is 12.3. The van der Waals surface area contributed by atoms with Gasteiger partial charge in [0.05, 0.1) is 6.04 Å². The summed E-state index contributed by atoms with van der Waals surface area (Å²) in [5.74, 6) is -0.130. The highest BCUT2D eigenvalue weighted by atomic mass is 32.1. The molecule has 23 heavy (non-hydrogen) atoms. The van der Waals surface area contributed by atoms with Gasteiger partial charge in [0, 0.05) is 31.7 Å². The molecule has 1 atom stereocenters. The first-order chi connectivity index (χ1) is 11.0. The van der Waals surface area contributed by atoms with Gasteiger partial charge in [-0.3, -0.25) is 4.90 Å². The fourth-order valence-corrected chi connectivity index (χ4v) is 3.56. The highest BCUT2D eigenvalue weighted by Crippen LogP contribution is 2.37. The molecule has 0 aliphatic carbocycles. The van der Waals surface area contributed by atoms with E-state index in [1.54, 1.807) is 29.5 Å². The SMILES string of the molecule is FC(F)(F)Oc1ccccc1[C@@H](c1ccsc1)N1CCNCC1. The number of nitrogens with zero attached hydrogens (tertiary/aromatic N) is 1. The van der Waals surface area contributed by atoms with Crippen LogP contribution in [0, 0.1) is 0 Å². The highest BCUT2D eigenvalue weighted by molar-refractivity contribution is 7.08. The van der Waals surface area contributed by atoms with Gasteiger partial charge < -0.3 is 10.1 Å². The Kier molecular flexibility index (Phi) is 4.89. The van der Waals surface area contributed by atoms with Crippen molar-refractivity contribution in [2.45, 2.75) is 12.4 Å². The molecule has 0 unspecified atom stereocenters. The van der Waals surface area contributed by atoms with Crippen LogP contribution in [0.2, 0.25) is 0 Å². The summed E-state index contributed by atoms with van der Waals surface area (Å²) in [7, 11) is 0. The molecule has 0 spiro atoms. The number of rotatable bonds is 4. The molecule has 124 valence electrons. The number of halogens is 3. The van der Waals surface area contributed by atoms with Crippen LogP contribution in [-0.2, 0) is 0 Å². The predicted molar refractivity (Wildman–Crippen MR) is 83.7 cm³/mol. The molecular formula is C16H17F3N2OS. The molecule has 0 radical (unpaired) electrons. The van der Waals surface area contributed by atoms with Gasteiger partial charge in [-0.2, -0.15) is 11.3 Å². The molecule has 1 aromatic heterocycles. The molecule has 0 bridgehead atoms. The number of hydrogen-bond acceptors (Lipinski definition) is 4. The van der Waals surface area contributed by atoms with Crippen molar-refractivity contribution < 1.29 is 17.9 Å². The summed E-state index contributed by atoms with van der Waals surface area (Å²) >= 11 is 1.54. The van der Waals surface area contributed by atoms with E-state index < -0.39 is 6.36 Å². The van der Waals surface area contributed by atoms with E-state index in [0.29, 0.717) is 5.56 Å². The van der Waals surface area contributed by atoms with Crippen LogP contribution in [0.25, 0.3) is 0 Å². The number of ether oxygens (including phenoxy) is 1. The average molecular weight is 342 g/mol. The van der Waals surface area contributed by atoms with Crippen molar-refractivity contribution in [3.63, 3.8) is 0 Å². The van der Waals surface area contributed by atoms with Crippen LogP contribution in [-0.4, -0.2) is 37.4 Å². The Labute approximate surface area is 136 Å². The normalized spacial score (nSPS) is 17.9. The van der Waals surface area contributed by atoms with Gasteiger partial charge in [0.2, 0.25) is 0 Å². The molecule has 7 heteroatoms. The number of benzene rings is 1. The largest absolute Gasteiger partial charge is 0.573 e. The van der Waals surface area contributed by atoms with E-state index in [4.69, 9.17) is 0 Å². The van der Waals surface area contributed by atoms with E-state index in [9.17, 15) is 13.2 Å². The molecule has 1 N–H and O–H groups in total. The topological polar surface area (TPSA) is 24.5 Å². The van der Waals surface area contributed by atoms with Crippen LogP contribution >= 0.6 is 11.3 Å². The third kappa shape index (κ3) is 4.04. The van der Waals surface area contributed by atoms with E-state index >= 15 is 0 Å². The Morgan fingerprint density at radius 2 is 1.87 bits per heavy atom. The van der Waals surface area contributed by atoms with Crippen molar-refractivity contribution in [3.05, 3.63) is 52.2 Å². The first-order valence-corrected chi connectivity index (χ1v) is 8.30. The smallest absolute Gasteiger partial charge is 0.405 e. The van der Waals surface area contributed by atoms with Crippen LogP contribution in [0.5, 0.6) is 5.75 Å². The first-order valence-electron chi connectivity index (χ1n) is 7.36. The van der Waals surface area contributed by atoms with Crippen LogP contribution in [0.3, 0.4) is 0 Å². The van der Waals surface area contributed by atoms with Crippen molar-refractivity contribution in [3.8, 4) is 5.75 Å². The maximum atomic E-state index is 12.7. The Hall–Kier alpha value is -1.57. The van der Waals surface area contributed by atoms with Gasteiger partial charge in [-0.25, -0.2) is 0 Å². The maximum absolute atomic E-state index is 12.7. The van der Waals surface area contributed by atoms with Crippen LogP contribution in [0.15, 0.2) is 41.1 Å². The number of nitrogens with one attached hydrogen (secondary N) is 1. The van der Waals surface area contributed by atoms with Crippen molar-refractivity contribution >= 4 is 11.3 Å². The quantitative estimate of drug-likeness (QED) is 0.918. The van der Waals surface area contributed by atoms with E-state index in [2.05, 4.69) is 15.0 Å². The van der Waals surface area contributed by atoms with Gasteiger partial charge >= 0.3 is 6.36 Å².